The molecule has 0 unspecified atom stereocenters. The molecule has 1 aliphatic rings. The fourth-order valence-electron chi connectivity index (χ4n) is 2.43. The third-order valence-corrected chi connectivity index (χ3v) is 4.59. The van der Waals surface area contributed by atoms with Crippen molar-refractivity contribution in [3.05, 3.63) is 58.6 Å². The summed E-state index contributed by atoms with van der Waals surface area (Å²) in [6.07, 6.45) is 4.65. The minimum atomic E-state index is -0.212. The molecule has 22 heavy (non-hydrogen) atoms. The van der Waals surface area contributed by atoms with E-state index in [1.54, 1.807) is 11.8 Å². The van der Waals surface area contributed by atoms with Gasteiger partial charge in [-0.3, -0.25) is 0 Å². The fourth-order valence-corrected chi connectivity index (χ4v) is 3.00. The summed E-state index contributed by atoms with van der Waals surface area (Å²) in [4.78, 5) is 12.9. The number of carbonyl (C=O) groups excluding carboxylic acids is 1. The number of hydrogen-bond donors (Lipinski definition) is 0. The van der Waals surface area contributed by atoms with Crippen LogP contribution in [0.2, 0.25) is 5.02 Å². The molecular weight excluding hydrogens is 316 g/mol. The highest BCUT2D eigenvalue weighted by Gasteiger charge is 2.19. The van der Waals surface area contributed by atoms with E-state index < -0.39 is 0 Å². The van der Waals surface area contributed by atoms with E-state index in [2.05, 4.69) is 12.1 Å². The molecule has 0 radical (unpaired) electrons. The molecule has 4 heteroatoms. The van der Waals surface area contributed by atoms with Gasteiger partial charge in [-0.05, 0) is 53.3 Å². The van der Waals surface area contributed by atoms with Gasteiger partial charge in [-0.15, -0.1) is 11.8 Å². The third kappa shape index (κ3) is 3.21. The number of carbonyl (C=O) groups is 1. The predicted molar refractivity (Wildman–Crippen MR) is 92.2 cm³/mol. The molecule has 0 bridgehead atoms. The maximum atomic E-state index is 11.7. The van der Waals surface area contributed by atoms with Gasteiger partial charge in [-0.25, -0.2) is 4.79 Å². The molecule has 0 aliphatic carbocycles. The first-order valence-corrected chi connectivity index (χ1v) is 8.59. The molecule has 0 spiro atoms. The van der Waals surface area contributed by atoms with Crippen molar-refractivity contribution >= 4 is 35.4 Å². The van der Waals surface area contributed by atoms with E-state index in [1.807, 2.05) is 42.7 Å². The predicted octanol–water partition coefficient (Wildman–Crippen LogP) is 5.06. The highest BCUT2D eigenvalue weighted by molar-refractivity contribution is 7.98. The van der Waals surface area contributed by atoms with Gasteiger partial charge in [0.2, 0.25) is 0 Å². The van der Waals surface area contributed by atoms with Gasteiger partial charge < -0.3 is 4.74 Å². The summed E-state index contributed by atoms with van der Waals surface area (Å²) in [6.45, 7) is 0.476. The molecule has 2 nitrogen and oxygen atoms in total. The number of halogens is 1. The van der Waals surface area contributed by atoms with Crippen LogP contribution in [0.5, 0.6) is 0 Å². The second kappa shape index (κ2) is 6.59. The SMILES string of the molecule is CSc1ccc(C=C2CCOC2=O)c(-c2ccc(Cl)cc2)c1. The van der Waals surface area contributed by atoms with Crippen molar-refractivity contribution in [2.24, 2.45) is 0 Å². The Morgan fingerprint density at radius 1 is 1.18 bits per heavy atom. The summed E-state index contributed by atoms with van der Waals surface area (Å²) < 4.78 is 5.02. The summed E-state index contributed by atoms with van der Waals surface area (Å²) in [7, 11) is 0. The lowest BCUT2D eigenvalue weighted by atomic mass is 9.98. The van der Waals surface area contributed by atoms with Gasteiger partial charge in [-0.2, -0.15) is 0 Å². The number of esters is 1. The molecule has 0 saturated carbocycles. The van der Waals surface area contributed by atoms with Crippen LogP contribution in [0.1, 0.15) is 12.0 Å². The van der Waals surface area contributed by atoms with Crippen molar-refractivity contribution in [3.8, 4) is 11.1 Å². The van der Waals surface area contributed by atoms with Crippen LogP contribution >= 0.6 is 23.4 Å². The van der Waals surface area contributed by atoms with Gasteiger partial charge in [0.15, 0.2) is 0 Å². The lowest BCUT2D eigenvalue weighted by Crippen LogP contribution is -1.95. The first kappa shape index (κ1) is 15.2. The Hall–Kier alpha value is -1.71. The Morgan fingerprint density at radius 3 is 2.59 bits per heavy atom. The molecular formula is C18H15ClO2S. The van der Waals surface area contributed by atoms with Crippen LogP contribution in [-0.2, 0) is 9.53 Å². The molecule has 0 atom stereocenters. The topological polar surface area (TPSA) is 26.3 Å². The Kier molecular flexibility index (Phi) is 4.55. The Balaban J connectivity index is 2.09. The lowest BCUT2D eigenvalue weighted by molar-refractivity contribution is -0.134. The van der Waals surface area contributed by atoms with E-state index in [0.29, 0.717) is 18.1 Å². The first-order chi connectivity index (χ1) is 10.7. The second-order valence-electron chi connectivity index (χ2n) is 5.02. The Labute approximate surface area is 139 Å². The van der Waals surface area contributed by atoms with Crippen LogP contribution in [0.3, 0.4) is 0 Å². The van der Waals surface area contributed by atoms with Gasteiger partial charge in [0, 0.05) is 21.9 Å². The van der Waals surface area contributed by atoms with E-state index in [1.165, 1.54) is 4.90 Å². The van der Waals surface area contributed by atoms with Crippen LogP contribution in [0.25, 0.3) is 17.2 Å². The minimum Gasteiger partial charge on any atom is -0.462 e. The van der Waals surface area contributed by atoms with Crippen LogP contribution in [0.15, 0.2) is 52.9 Å². The smallest absolute Gasteiger partial charge is 0.334 e. The van der Waals surface area contributed by atoms with E-state index in [-0.39, 0.29) is 5.97 Å². The van der Waals surface area contributed by atoms with Gasteiger partial charge in [0.1, 0.15) is 0 Å². The van der Waals surface area contributed by atoms with Crippen molar-refractivity contribution in [2.75, 3.05) is 12.9 Å². The molecule has 3 rings (SSSR count). The molecule has 0 amide bonds. The Morgan fingerprint density at radius 2 is 1.95 bits per heavy atom. The van der Waals surface area contributed by atoms with Gasteiger partial charge in [0.05, 0.1) is 6.61 Å². The lowest BCUT2D eigenvalue weighted by Gasteiger charge is -2.09. The monoisotopic (exact) mass is 330 g/mol. The number of cyclic esters (lactones) is 1. The fraction of sp³-hybridized carbons (Fsp3) is 0.167. The molecule has 1 aliphatic heterocycles. The number of thioether (sulfide) groups is 1. The maximum Gasteiger partial charge on any atom is 0.334 e. The van der Waals surface area contributed by atoms with Gasteiger partial charge in [-0.1, -0.05) is 29.8 Å². The molecule has 112 valence electrons. The van der Waals surface area contributed by atoms with Crippen molar-refractivity contribution in [3.63, 3.8) is 0 Å². The van der Waals surface area contributed by atoms with Crippen LogP contribution in [-0.4, -0.2) is 18.8 Å². The number of hydrogen-bond acceptors (Lipinski definition) is 3. The summed E-state index contributed by atoms with van der Waals surface area (Å²) in [5.41, 5.74) is 3.93. The van der Waals surface area contributed by atoms with Crippen molar-refractivity contribution < 1.29 is 9.53 Å². The number of rotatable bonds is 3. The average molecular weight is 331 g/mol. The van der Waals surface area contributed by atoms with Crippen molar-refractivity contribution in [1.82, 2.24) is 0 Å². The summed E-state index contributed by atoms with van der Waals surface area (Å²) in [5, 5.41) is 0.712. The standard InChI is InChI=1S/C18H15ClO2S/c1-22-16-7-4-13(10-14-8-9-21-18(14)20)17(11-16)12-2-5-15(19)6-3-12/h2-7,10-11H,8-9H2,1H3. The maximum absolute atomic E-state index is 11.7. The Bertz CT molecular complexity index is 735. The first-order valence-electron chi connectivity index (χ1n) is 6.99. The molecule has 2 aromatic rings. The molecule has 1 fully saturated rings. The highest BCUT2D eigenvalue weighted by Crippen LogP contribution is 2.31. The molecule has 0 aromatic heterocycles. The second-order valence-corrected chi connectivity index (χ2v) is 6.33. The molecule has 0 N–H and O–H groups in total. The zero-order valence-corrected chi connectivity index (χ0v) is 13.7. The van der Waals surface area contributed by atoms with Crippen molar-refractivity contribution in [2.45, 2.75) is 11.3 Å². The van der Waals surface area contributed by atoms with E-state index in [0.717, 1.165) is 22.3 Å². The zero-order chi connectivity index (χ0) is 15.5. The average Bonchev–Trinajstić information content (AvgIpc) is 2.94. The van der Waals surface area contributed by atoms with E-state index >= 15 is 0 Å². The van der Waals surface area contributed by atoms with Gasteiger partial charge >= 0.3 is 5.97 Å². The summed E-state index contributed by atoms with van der Waals surface area (Å²) in [5.74, 6) is -0.212. The summed E-state index contributed by atoms with van der Waals surface area (Å²) in [6, 6.07) is 14.0. The van der Waals surface area contributed by atoms with Crippen LogP contribution in [0.4, 0.5) is 0 Å². The minimum absolute atomic E-state index is 0.212. The quantitative estimate of drug-likeness (QED) is 0.447. The summed E-state index contributed by atoms with van der Waals surface area (Å²) >= 11 is 7.67. The van der Waals surface area contributed by atoms with Crippen molar-refractivity contribution in [1.29, 1.82) is 0 Å². The number of ether oxygens (including phenoxy) is 1. The molecule has 1 heterocycles. The normalized spacial score (nSPS) is 16.1. The van der Waals surface area contributed by atoms with Gasteiger partial charge in [0.25, 0.3) is 0 Å². The van der Waals surface area contributed by atoms with Crippen LogP contribution in [0, 0.1) is 0 Å². The van der Waals surface area contributed by atoms with E-state index in [9.17, 15) is 4.79 Å². The zero-order valence-electron chi connectivity index (χ0n) is 12.1. The highest BCUT2D eigenvalue weighted by atomic mass is 35.5. The van der Waals surface area contributed by atoms with E-state index in [4.69, 9.17) is 16.3 Å². The van der Waals surface area contributed by atoms with Crippen LogP contribution < -0.4 is 0 Å². The molecule has 1 saturated heterocycles. The number of benzene rings is 2. The molecule has 2 aromatic carbocycles. The third-order valence-electron chi connectivity index (χ3n) is 3.61. The largest absolute Gasteiger partial charge is 0.462 e.